The van der Waals surface area contributed by atoms with Gasteiger partial charge in [0.15, 0.2) is 0 Å². The summed E-state index contributed by atoms with van der Waals surface area (Å²) in [7, 11) is 0. The predicted molar refractivity (Wildman–Crippen MR) is 90.8 cm³/mol. The first-order chi connectivity index (χ1) is 11.9. The molecule has 3 rings (SSSR count). The van der Waals surface area contributed by atoms with Crippen molar-refractivity contribution in [3.05, 3.63) is 78.5 Å². The molecule has 0 saturated carbocycles. The third kappa shape index (κ3) is 3.85. The predicted octanol–water partition coefficient (Wildman–Crippen LogP) is 4.82. The molecule has 0 bridgehead atoms. The van der Waals surface area contributed by atoms with E-state index in [1.807, 2.05) is 0 Å². The molecule has 0 saturated heterocycles. The first-order valence-electron chi connectivity index (χ1n) is 7.44. The van der Waals surface area contributed by atoms with Gasteiger partial charge in [-0.15, -0.1) is 0 Å². The fraction of sp³-hybridized carbons (Fsp3) is 0.0526. The molecular formula is C19H13F3N2O. The van der Waals surface area contributed by atoms with Crippen molar-refractivity contribution in [1.82, 2.24) is 4.98 Å². The van der Waals surface area contributed by atoms with Crippen LogP contribution in [0.25, 0.3) is 16.5 Å². The zero-order chi connectivity index (χ0) is 17.9. The summed E-state index contributed by atoms with van der Waals surface area (Å²) in [5.41, 5.74) is -0.0153. The van der Waals surface area contributed by atoms with E-state index in [0.29, 0.717) is 22.7 Å². The third-order valence-corrected chi connectivity index (χ3v) is 3.57. The monoisotopic (exact) mass is 342 g/mol. The Morgan fingerprint density at radius 1 is 0.960 bits per heavy atom. The lowest BCUT2D eigenvalue weighted by atomic mass is 10.0. The van der Waals surface area contributed by atoms with Crippen molar-refractivity contribution in [2.45, 2.75) is 6.18 Å². The summed E-state index contributed by atoms with van der Waals surface area (Å²) in [5.74, 6) is -0.854. The Balaban J connectivity index is 1.95. The number of rotatable bonds is 3. The molecule has 0 aliphatic rings. The number of carbonyl (C=O) groups excluding carboxylic acids is 1. The summed E-state index contributed by atoms with van der Waals surface area (Å²) in [6.07, 6.45) is -2.46. The van der Waals surface area contributed by atoms with E-state index in [-0.39, 0.29) is 5.56 Å². The van der Waals surface area contributed by atoms with Gasteiger partial charge < -0.3 is 5.32 Å². The summed E-state index contributed by atoms with van der Waals surface area (Å²) >= 11 is 0. The number of benzene rings is 2. The quantitative estimate of drug-likeness (QED) is 0.694. The van der Waals surface area contributed by atoms with E-state index >= 15 is 0 Å². The molecule has 0 aliphatic carbocycles. The molecule has 0 unspecified atom stereocenters. The van der Waals surface area contributed by atoms with Crippen LogP contribution in [0.15, 0.2) is 72.9 Å². The SMILES string of the molecule is O=C(/C=C(\c1ccccc1)C(F)(F)F)Nc1cccc2ncccc12. The summed E-state index contributed by atoms with van der Waals surface area (Å²) in [6, 6.07) is 15.7. The number of anilines is 1. The van der Waals surface area contributed by atoms with Gasteiger partial charge in [0.25, 0.3) is 0 Å². The number of hydrogen-bond donors (Lipinski definition) is 1. The van der Waals surface area contributed by atoms with Gasteiger partial charge in [0.1, 0.15) is 0 Å². The molecule has 25 heavy (non-hydrogen) atoms. The second-order valence-electron chi connectivity index (χ2n) is 5.29. The van der Waals surface area contributed by atoms with Crippen LogP contribution in [0.3, 0.4) is 0 Å². The minimum Gasteiger partial charge on any atom is -0.322 e. The van der Waals surface area contributed by atoms with E-state index in [1.165, 1.54) is 24.3 Å². The van der Waals surface area contributed by atoms with Crippen LogP contribution in [-0.2, 0) is 4.79 Å². The zero-order valence-electron chi connectivity index (χ0n) is 12.9. The molecule has 0 radical (unpaired) electrons. The van der Waals surface area contributed by atoms with E-state index < -0.39 is 17.7 Å². The molecule has 0 fully saturated rings. The smallest absolute Gasteiger partial charge is 0.322 e. The number of aromatic nitrogens is 1. The standard InChI is InChI=1S/C19H13F3N2O/c20-19(21,22)15(13-6-2-1-3-7-13)12-18(25)24-17-10-4-9-16-14(17)8-5-11-23-16/h1-12H,(H,24,25)/b15-12+. The van der Waals surface area contributed by atoms with Crippen LogP contribution >= 0.6 is 0 Å². The van der Waals surface area contributed by atoms with Crippen molar-refractivity contribution in [2.24, 2.45) is 0 Å². The number of nitrogens with one attached hydrogen (secondary N) is 1. The molecule has 1 amide bonds. The average molecular weight is 342 g/mol. The van der Waals surface area contributed by atoms with E-state index in [9.17, 15) is 18.0 Å². The number of nitrogens with zero attached hydrogens (tertiary/aromatic N) is 1. The molecule has 3 aromatic rings. The highest BCUT2D eigenvalue weighted by molar-refractivity contribution is 6.08. The Morgan fingerprint density at radius 3 is 2.44 bits per heavy atom. The van der Waals surface area contributed by atoms with Crippen LogP contribution in [0, 0.1) is 0 Å². The van der Waals surface area contributed by atoms with Crippen molar-refractivity contribution < 1.29 is 18.0 Å². The van der Waals surface area contributed by atoms with Gasteiger partial charge in [0, 0.05) is 17.7 Å². The normalized spacial score (nSPS) is 12.2. The Bertz CT molecular complexity index is 929. The minimum absolute atomic E-state index is 0.0651. The highest BCUT2D eigenvalue weighted by Crippen LogP contribution is 2.33. The molecule has 1 aromatic heterocycles. The summed E-state index contributed by atoms with van der Waals surface area (Å²) < 4.78 is 39.9. The highest BCUT2D eigenvalue weighted by Gasteiger charge is 2.35. The minimum atomic E-state index is -4.64. The maximum Gasteiger partial charge on any atom is 0.417 e. The molecule has 2 aromatic carbocycles. The molecule has 0 spiro atoms. The second-order valence-corrected chi connectivity index (χ2v) is 5.29. The Kier molecular flexibility index (Phi) is 4.52. The van der Waals surface area contributed by atoms with Crippen molar-refractivity contribution in [2.75, 3.05) is 5.32 Å². The van der Waals surface area contributed by atoms with Crippen LogP contribution in [0.1, 0.15) is 5.56 Å². The van der Waals surface area contributed by atoms with Gasteiger partial charge in [0.2, 0.25) is 5.91 Å². The summed E-state index contributed by atoms with van der Waals surface area (Å²) in [6.45, 7) is 0. The maximum atomic E-state index is 13.3. The number of pyridine rings is 1. The van der Waals surface area contributed by atoms with E-state index in [0.717, 1.165) is 0 Å². The Morgan fingerprint density at radius 2 is 1.72 bits per heavy atom. The van der Waals surface area contributed by atoms with Crippen LogP contribution in [0.2, 0.25) is 0 Å². The van der Waals surface area contributed by atoms with Crippen molar-refractivity contribution in [3.63, 3.8) is 0 Å². The fourth-order valence-electron chi connectivity index (χ4n) is 2.46. The molecule has 3 nitrogen and oxygen atoms in total. The number of alkyl halides is 3. The second kappa shape index (κ2) is 6.76. The van der Waals surface area contributed by atoms with Gasteiger partial charge in [-0.25, -0.2) is 0 Å². The molecule has 0 aliphatic heterocycles. The van der Waals surface area contributed by atoms with Crippen molar-refractivity contribution in [3.8, 4) is 0 Å². The number of amides is 1. The van der Waals surface area contributed by atoms with Crippen molar-refractivity contribution in [1.29, 1.82) is 0 Å². The van der Waals surface area contributed by atoms with Crippen molar-refractivity contribution >= 4 is 28.1 Å². The summed E-state index contributed by atoms with van der Waals surface area (Å²) in [5, 5.41) is 3.15. The molecule has 1 heterocycles. The first kappa shape index (κ1) is 16.7. The van der Waals surface area contributed by atoms with Crippen LogP contribution < -0.4 is 5.32 Å². The van der Waals surface area contributed by atoms with Gasteiger partial charge in [-0.2, -0.15) is 13.2 Å². The van der Waals surface area contributed by atoms with Gasteiger partial charge in [-0.1, -0.05) is 36.4 Å². The molecule has 1 N–H and O–H groups in total. The van der Waals surface area contributed by atoms with E-state index in [1.54, 1.807) is 42.6 Å². The first-order valence-corrected chi connectivity index (χ1v) is 7.44. The lowest BCUT2D eigenvalue weighted by molar-refractivity contribution is -0.112. The number of fused-ring (bicyclic) bond motifs is 1. The largest absolute Gasteiger partial charge is 0.417 e. The number of carbonyl (C=O) groups is 1. The molecule has 126 valence electrons. The summed E-state index contributed by atoms with van der Waals surface area (Å²) in [4.78, 5) is 16.3. The Hall–Kier alpha value is -3.15. The molecular weight excluding hydrogens is 329 g/mol. The van der Waals surface area contributed by atoms with Gasteiger partial charge in [0.05, 0.1) is 16.8 Å². The Labute approximate surface area is 141 Å². The topological polar surface area (TPSA) is 42.0 Å². The fourth-order valence-corrected chi connectivity index (χ4v) is 2.46. The zero-order valence-corrected chi connectivity index (χ0v) is 12.9. The van der Waals surface area contributed by atoms with E-state index in [4.69, 9.17) is 0 Å². The lowest BCUT2D eigenvalue weighted by Gasteiger charge is -2.12. The molecule has 0 atom stereocenters. The molecule has 6 heteroatoms. The highest BCUT2D eigenvalue weighted by atomic mass is 19.4. The number of halogens is 3. The van der Waals surface area contributed by atoms with Crippen LogP contribution in [0.5, 0.6) is 0 Å². The van der Waals surface area contributed by atoms with E-state index in [2.05, 4.69) is 10.3 Å². The van der Waals surface area contributed by atoms with Gasteiger partial charge >= 0.3 is 6.18 Å². The number of allylic oxidation sites excluding steroid dienone is 1. The van der Waals surface area contributed by atoms with Gasteiger partial charge in [-0.05, 0) is 29.8 Å². The van der Waals surface area contributed by atoms with Crippen LogP contribution in [0.4, 0.5) is 18.9 Å². The van der Waals surface area contributed by atoms with Gasteiger partial charge in [-0.3, -0.25) is 9.78 Å². The average Bonchev–Trinajstić information content (AvgIpc) is 2.60. The van der Waals surface area contributed by atoms with Crippen LogP contribution in [-0.4, -0.2) is 17.1 Å². The third-order valence-electron chi connectivity index (χ3n) is 3.57. The lowest BCUT2D eigenvalue weighted by Crippen LogP contribution is -2.16. The number of hydrogen-bond acceptors (Lipinski definition) is 2. The maximum absolute atomic E-state index is 13.3.